The number of aromatic nitrogens is 1. The standard InChI is InChI=1S/C43H43ClFN3O4/c1-31-3-5-33(6-4-31)20-26-51-39-16-17-41(46-29-39)52-43-32(2)27-36(28-40(43)44)11-18-42(49)48-23-21-47(22-24-48)30-35-9-7-34(8-10-35)19-25-50-38-14-12-37(45)13-15-38/h3-18,27-29H,19-26,30H2,1-2H3/b18-11+. The molecule has 52 heavy (non-hydrogen) atoms. The zero-order valence-corrected chi connectivity index (χ0v) is 30.3. The molecular weight excluding hydrogens is 677 g/mol. The van der Waals surface area contributed by atoms with Crippen LogP contribution in [-0.4, -0.2) is 60.1 Å². The molecule has 1 aromatic heterocycles. The van der Waals surface area contributed by atoms with Crippen molar-refractivity contribution in [3.05, 3.63) is 154 Å². The smallest absolute Gasteiger partial charge is 0.246 e. The molecule has 1 fully saturated rings. The van der Waals surface area contributed by atoms with Crippen molar-refractivity contribution in [3.8, 4) is 23.1 Å². The van der Waals surface area contributed by atoms with E-state index >= 15 is 0 Å². The summed E-state index contributed by atoms with van der Waals surface area (Å²) < 4.78 is 30.7. The van der Waals surface area contributed by atoms with Crippen LogP contribution in [0.25, 0.3) is 6.08 Å². The zero-order chi connectivity index (χ0) is 36.3. The fraction of sp³-hybridized carbons (Fsp3) is 0.256. The second-order valence-electron chi connectivity index (χ2n) is 13.0. The lowest BCUT2D eigenvalue weighted by Crippen LogP contribution is -2.47. The lowest BCUT2D eigenvalue weighted by atomic mass is 10.1. The Bertz CT molecular complexity index is 1920. The Morgan fingerprint density at radius 2 is 1.40 bits per heavy atom. The number of carbonyl (C=O) groups excluding carboxylic acids is 1. The molecule has 268 valence electrons. The number of hydrogen-bond donors (Lipinski definition) is 0. The van der Waals surface area contributed by atoms with Gasteiger partial charge in [0.15, 0.2) is 5.75 Å². The third kappa shape index (κ3) is 10.7. The number of piperazine rings is 1. The van der Waals surface area contributed by atoms with E-state index in [1.165, 1.54) is 34.4 Å². The SMILES string of the molecule is Cc1ccc(CCOc2ccc(Oc3c(C)cc(/C=C/C(=O)N4CCN(Cc5ccc(CCOc6ccc(F)cc6)cc5)CC4)cc3Cl)nc2)cc1. The van der Waals surface area contributed by atoms with Crippen LogP contribution >= 0.6 is 11.6 Å². The lowest BCUT2D eigenvalue weighted by molar-refractivity contribution is -0.127. The number of amides is 1. The van der Waals surface area contributed by atoms with E-state index in [-0.39, 0.29) is 11.7 Å². The first-order valence-corrected chi connectivity index (χ1v) is 17.9. The molecule has 0 radical (unpaired) electrons. The van der Waals surface area contributed by atoms with E-state index in [1.54, 1.807) is 42.6 Å². The third-order valence-electron chi connectivity index (χ3n) is 8.95. The van der Waals surface area contributed by atoms with E-state index in [1.807, 2.05) is 24.0 Å². The molecule has 0 atom stereocenters. The molecule has 6 rings (SSSR count). The molecule has 0 saturated carbocycles. The van der Waals surface area contributed by atoms with Gasteiger partial charge in [-0.05, 0) is 90.2 Å². The van der Waals surface area contributed by atoms with E-state index in [2.05, 4.69) is 65.3 Å². The minimum absolute atomic E-state index is 0.0219. The van der Waals surface area contributed by atoms with Crippen LogP contribution in [-0.2, 0) is 24.2 Å². The van der Waals surface area contributed by atoms with Gasteiger partial charge in [0.1, 0.15) is 17.3 Å². The third-order valence-corrected chi connectivity index (χ3v) is 9.23. The van der Waals surface area contributed by atoms with Crippen LogP contribution in [0.5, 0.6) is 23.1 Å². The molecule has 4 aromatic carbocycles. The fourth-order valence-corrected chi connectivity index (χ4v) is 6.24. The Labute approximate surface area is 310 Å². The van der Waals surface area contributed by atoms with Crippen molar-refractivity contribution < 1.29 is 23.4 Å². The van der Waals surface area contributed by atoms with E-state index in [0.29, 0.717) is 54.5 Å². The average molecular weight is 720 g/mol. The summed E-state index contributed by atoms with van der Waals surface area (Å²) in [7, 11) is 0. The molecule has 2 heterocycles. The fourth-order valence-electron chi connectivity index (χ4n) is 5.93. The van der Waals surface area contributed by atoms with Gasteiger partial charge in [0.05, 0.1) is 24.4 Å². The minimum Gasteiger partial charge on any atom is -0.493 e. The maximum atomic E-state index is 13.1. The summed E-state index contributed by atoms with van der Waals surface area (Å²) in [5.74, 6) is 1.97. The van der Waals surface area contributed by atoms with Crippen molar-refractivity contribution in [3.63, 3.8) is 0 Å². The van der Waals surface area contributed by atoms with Gasteiger partial charge in [0, 0.05) is 57.7 Å². The number of aryl methyl sites for hydroxylation is 2. The number of nitrogens with zero attached hydrogens (tertiary/aromatic N) is 3. The van der Waals surface area contributed by atoms with E-state index in [9.17, 15) is 9.18 Å². The molecular formula is C43H43ClFN3O4. The molecule has 1 aliphatic heterocycles. The van der Waals surface area contributed by atoms with E-state index in [0.717, 1.165) is 43.6 Å². The highest BCUT2D eigenvalue weighted by Crippen LogP contribution is 2.34. The number of hydrogen-bond acceptors (Lipinski definition) is 6. The minimum atomic E-state index is -0.272. The summed E-state index contributed by atoms with van der Waals surface area (Å²) >= 11 is 6.63. The van der Waals surface area contributed by atoms with Gasteiger partial charge in [-0.3, -0.25) is 9.69 Å². The number of pyridine rings is 1. The van der Waals surface area contributed by atoms with Crippen LogP contribution < -0.4 is 14.2 Å². The largest absolute Gasteiger partial charge is 0.493 e. The van der Waals surface area contributed by atoms with Gasteiger partial charge >= 0.3 is 0 Å². The molecule has 0 N–H and O–H groups in total. The molecule has 0 unspecified atom stereocenters. The molecule has 9 heteroatoms. The van der Waals surface area contributed by atoms with Gasteiger partial charge in [-0.1, -0.05) is 65.7 Å². The van der Waals surface area contributed by atoms with Crippen molar-refractivity contribution in [2.24, 2.45) is 0 Å². The van der Waals surface area contributed by atoms with Crippen molar-refractivity contribution in [1.29, 1.82) is 0 Å². The maximum Gasteiger partial charge on any atom is 0.246 e. The predicted octanol–water partition coefficient (Wildman–Crippen LogP) is 8.88. The Hall–Kier alpha value is -5.18. The molecule has 1 amide bonds. The average Bonchev–Trinajstić information content (AvgIpc) is 3.15. The normalized spacial score (nSPS) is 13.3. The van der Waals surface area contributed by atoms with Gasteiger partial charge in [-0.15, -0.1) is 0 Å². The Balaban J connectivity index is 0.921. The molecule has 0 spiro atoms. The van der Waals surface area contributed by atoms with Crippen LogP contribution in [0.1, 0.15) is 33.4 Å². The highest BCUT2D eigenvalue weighted by Gasteiger charge is 2.20. The van der Waals surface area contributed by atoms with Gasteiger partial charge in [0.2, 0.25) is 11.8 Å². The lowest BCUT2D eigenvalue weighted by Gasteiger charge is -2.34. The molecule has 1 saturated heterocycles. The van der Waals surface area contributed by atoms with Crippen LogP contribution in [0, 0.1) is 19.7 Å². The van der Waals surface area contributed by atoms with Gasteiger partial charge < -0.3 is 19.1 Å². The molecule has 5 aromatic rings. The Morgan fingerprint density at radius 1 is 0.788 bits per heavy atom. The second kappa shape index (κ2) is 17.8. The van der Waals surface area contributed by atoms with Crippen molar-refractivity contribution in [1.82, 2.24) is 14.8 Å². The quantitative estimate of drug-likeness (QED) is 0.107. The maximum absolute atomic E-state index is 13.1. The molecule has 7 nitrogen and oxygen atoms in total. The Morgan fingerprint density at radius 3 is 2.04 bits per heavy atom. The summed E-state index contributed by atoms with van der Waals surface area (Å²) in [5.41, 5.74) is 6.53. The summed E-state index contributed by atoms with van der Waals surface area (Å²) in [6, 6.07) is 30.4. The number of ether oxygens (including phenoxy) is 3. The highest BCUT2D eigenvalue weighted by atomic mass is 35.5. The second-order valence-corrected chi connectivity index (χ2v) is 13.4. The first-order chi connectivity index (χ1) is 25.3. The monoisotopic (exact) mass is 719 g/mol. The van der Waals surface area contributed by atoms with Gasteiger partial charge in [-0.25, -0.2) is 9.37 Å². The predicted molar refractivity (Wildman–Crippen MR) is 204 cm³/mol. The summed E-state index contributed by atoms with van der Waals surface area (Å²) in [4.78, 5) is 21.7. The molecule has 0 aliphatic carbocycles. The van der Waals surface area contributed by atoms with Crippen LogP contribution in [0.3, 0.4) is 0 Å². The Kier molecular flexibility index (Phi) is 12.6. The first kappa shape index (κ1) is 36.6. The van der Waals surface area contributed by atoms with Crippen LogP contribution in [0.2, 0.25) is 5.02 Å². The summed E-state index contributed by atoms with van der Waals surface area (Å²) in [5, 5.41) is 0.437. The molecule has 1 aliphatic rings. The van der Waals surface area contributed by atoms with E-state index < -0.39 is 0 Å². The first-order valence-electron chi connectivity index (χ1n) is 17.6. The number of benzene rings is 4. The summed E-state index contributed by atoms with van der Waals surface area (Å²) in [6.07, 6.45) is 6.64. The summed E-state index contributed by atoms with van der Waals surface area (Å²) in [6.45, 7) is 8.85. The highest BCUT2D eigenvalue weighted by molar-refractivity contribution is 6.32. The number of rotatable bonds is 14. The van der Waals surface area contributed by atoms with E-state index in [4.69, 9.17) is 25.8 Å². The van der Waals surface area contributed by atoms with Crippen molar-refractivity contribution >= 4 is 23.6 Å². The zero-order valence-electron chi connectivity index (χ0n) is 29.6. The van der Waals surface area contributed by atoms with Crippen LogP contribution in [0.4, 0.5) is 4.39 Å². The topological polar surface area (TPSA) is 64.1 Å². The van der Waals surface area contributed by atoms with Crippen molar-refractivity contribution in [2.45, 2.75) is 33.2 Å². The van der Waals surface area contributed by atoms with Crippen LogP contribution in [0.15, 0.2) is 109 Å². The van der Waals surface area contributed by atoms with Gasteiger partial charge in [-0.2, -0.15) is 0 Å². The number of carbonyl (C=O) groups is 1. The molecule has 0 bridgehead atoms. The van der Waals surface area contributed by atoms with Gasteiger partial charge in [0.25, 0.3) is 0 Å². The van der Waals surface area contributed by atoms with Crippen molar-refractivity contribution in [2.75, 3.05) is 39.4 Å². The number of halogens is 2.